The minimum absolute atomic E-state index is 0.320. The third kappa shape index (κ3) is 2.64. The van der Waals surface area contributed by atoms with Crippen LogP contribution in [-0.2, 0) is 4.74 Å². The number of hydrogen-bond acceptors (Lipinski definition) is 3. The van der Waals surface area contributed by atoms with Crippen molar-refractivity contribution in [2.45, 2.75) is 12.5 Å². The van der Waals surface area contributed by atoms with E-state index in [2.05, 4.69) is 5.32 Å². The molecular formula is C11H13ClN2OS. The molecule has 1 aliphatic heterocycles. The van der Waals surface area contributed by atoms with E-state index in [4.69, 9.17) is 34.3 Å². The van der Waals surface area contributed by atoms with E-state index in [9.17, 15) is 0 Å². The summed E-state index contributed by atoms with van der Waals surface area (Å²) in [4.78, 5) is 0.320. The van der Waals surface area contributed by atoms with Crippen LogP contribution in [0.5, 0.6) is 0 Å². The topological polar surface area (TPSA) is 47.3 Å². The van der Waals surface area contributed by atoms with Crippen molar-refractivity contribution in [3.05, 3.63) is 28.8 Å². The molecule has 86 valence electrons. The number of thiocarbonyl (C=S) groups is 1. The molecule has 1 aliphatic rings. The van der Waals surface area contributed by atoms with E-state index in [0.29, 0.717) is 21.6 Å². The Labute approximate surface area is 105 Å². The summed E-state index contributed by atoms with van der Waals surface area (Å²) in [6.07, 6.45) is 1.02. The molecule has 2 rings (SSSR count). The molecule has 1 fully saturated rings. The number of hydrogen-bond donors (Lipinski definition) is 2. The largest absolute Gasteiger partial charge is 0.389 e. The fourth-order valence-corrected chi connectivity index (χ4v) is 2.21. The highest BCUT2D eigenvalue weighted by Gasteiger charge is 2.15. The fourth-order valence-electron chi connectivity index (χ4n) is 1.69. The SMILES string of the molecule is NC(=S)c1ccc(NC2CCOC2)cc1Cl. The minimum Gasteiger partial charge on any atom is -0.389 e. The standard InChI is InChI=1S/C11H13ClN2OS/c12-10-5-7(1-2-9(10)11(13)16)14-8-3-4-15-6-8/h1-2,5,8,14H,3-4,6H2,(H2,13,16). The van der Waals surface area contributed by atoms with Gasteiger partial charge in [-0.15, -0.1) is 0 Å². The molecule has 0 radical (unpaired) electrons. The molecule has 0 spiro atoms. The smallest absolute Gasteiger partial charge is 0.105 e. The summed E-state index contributed by atoms with van der Waals surface area (Å²) in [5.41, 5.74) is 7.22. The zero-order valence-corrected chi connectivity index (χ0v) is 10.3. The molecule has 1 aromatic carbocycles. The van der Waals surface area contributed by atoms with E-state index in [1.807, 2.05) is 18.2 Å². The summed E-state index contributed by atoms with van der Waals surface area (Å²) in [7, 11) is 0. The van der Waals surface area contributed by atoms with Crippen LogP contribution in [-0.4, -0.2) is 24.2 Å². The van der Waals surface area contributed by atoms with E-state index in [0.717, 1.165) is 25.3 Å². The van der Waals surface area contributed by atoms with Gasteiger partial charge in [0.15, 0.2) is 0 Å². The first kappa shape index (κ1) is 11.6. The molecule has 0 aromatic heterocycles. The Balaban J connectivity index is 2.11. The lowest BCUT2D eigenvalue weighted by molar-refractivity contribution is 0.195. The van der Waals surface area contributed by atoms with Crippen LogP contribution in [0.4, 0.5) is 5.69 Å². The van der Waals surface area contributed by atoms with Crippen LogP contribution in [0.2, 0.25) is 5.02 Å². The molecule has 16 heavy (non-hydrogen) atoms. The molecule has 1 heterocycles. The number of nitrogens with two attached hydrogens (primary N) is 1. The summed E-state index contributed by atoms with van der Waals surface area (Å²) in [6.45, 7) is 1.56. The highest BCUT2D eigenvalue weighted by atomic mass is 35.5. The lowest BCUT2D eigenvalue weighted by Crippen LogP contribution is -2.19. The van der Waals surface area contributed by atoms with E-state index < -0.39 is 0 Å². The van der Waals surface area contributed by atoms with Gasteiger partial charge in [-0.25, -0.2) is 0 Å². The summed E-state index contributed by atoms with van der Waals surface area (Å²) < 4.78 is 5.29. The van der Waals surface area contributed by atoms with Gasteiger partial charge in [0, 0.05) is 17.9 Å². The lowest BCUT2D eigenvalue weighted by atomic mass is 10.2. The Hall–Kier alpha value is -0.840. The van der Waals surface area contributed by atoms with Crippen LogP contribution >= 0.6 is 23.8 Å². The minimum atomic E-state index is 0.320. The van der Waals surface area contributed by atoms with Gasteiger partial charge in [0.25, 0.3) is 0 Å². The van der Waals surface area contributed by atoms with Crippen molar-refractivity contribution < 1.29 is 4.74 Å². The van der Waals surface area contributed by atoms with Gasteiger partial charge >= 0.3 is 0 Å². The van der Waals surface area contributed by atoms with Gasteiger partial charge in [0.1, 0.15) is 4.99 Å². The molecule has 3 N–H and O–H groups in total. The zero-order chi connectivity index (χ0) is 11.5. The number of nitrogens with one attached hydrogen (secondary N) is 1. The normalized spacial score (nSPS) is 19.7. The highest BCUT2D eigenvalue weighted by Crippen LogP contribution is 2.22. The maximum absolute atomic E-state index is 6.07. The van der Waals surface area contributed by atoms with Gasteiger partial charge in [0.05, 0.1) is 17.7 Å². The molecule has 1 saturated heterocycles. The monoisotopic (exact) mass is 256 g/mol. The second kappa shape index (κ2) is 4.99. The maximum Gasteiger partial charge on any atom is 0.105 e. The van der Waals surface area contributed by atoms with E-state index in [1.54, 1.807) is 0 Å². The van der Waals surface area contributed by atoms with Gasteiger partial charge in [-0.3, -0.25) is 0 Å². The number of rotatable bonds is 3. The molecular weight excluding hydrogens is 244 g/mol. The summed E-state index contributed by atoms with van der Waals surface area (Å²) in [5, 5.41) is 3.93. The van der Waals surface area contributed by atoms with Crippen LogP contribution in [0.25, 0.3) is 0 Å². The van der Waals surface area contributed by atoms with Gasteiger partial charge < -0.3 is 15.8 Å². The van der Waals surface area contributed by atoms with Crippen LogP contribution in [0.1, 0.15) is 12.0 Å². The van der Waals surface area contributed by atoms with Crippen molar-refractivity contribution in [1.82, 2.24) is 0 Å². The van der Waals surface area contributed by atoms with E-state index >= 15 is 0 Å². The second-order valence-corrected chi connectivity index (χ2v) is 4.61. The molecule has 1 atom stereocenters. The molecule has 5 heteroatoms. The predicted octanol–water partition coefficient (Wildman–Crippen LogP) is 2.17. The van der Waals surface area contributed by atoms with Crippen molar-refractivity contribution in [1.29, 1.82) is 0 Å². The summed E-state index contributed by atoms with van der Waals surface area (Å²) in [5.74, 6) is 0. The predicted molar refractivity (Wildman–Crippen MR) is 70.2 cm³/mol. The average molecular weight is 257 g/mol. The number of ether oxygens (including phenoxy) is 1. The number of halogens is 1. The molecule has 1 aromatic rings. The first-order valence-electron chi connectivity index (χ1n) is 5.10. The maximum atomic E-state index is 6.07. The van der Waals surface area contributed by atoms with Crippen LogP contribution in [0.3, 0.4) is 0 Å². The third-order valence-corrected chi connectivity index (χ3v) is 3.07. The van der Waals surface area contributed by atoms with E-state index in [-0.39, 0.29) is 0 Å². The van der Waals surface area contributed by atoms with Crippen molar-refractivity contribution in [2.75, 3.05) is 18.5 Å². The van der Waals surface area contributed by atoms with Gasteiger partial charge in [-0.2, -0.15) is 0 Å². The second-order valence-electron chi connectivity index (χ2n) is 3.76. The van der Waals surface area contributed by atoms with Crippen molar-refractivity contribution in [3.63, 3.8) is 0 Å². The Morgan fingerprint density at radius 3 is 2.94 bits per heavy atom. The summed E-state index contributed by atoms with van der Waals surface area (Å²) >= 11 is 11.0. The Bertz CT molecular complexity index is 405. The molecule has 0 aliphatic carbocycles. The van der Waals surface area contributed by atoms with Crippen molar-refractivity contribution in [2.24, 2.45) is 5.73 Å². The molecule has 0 saturated carbocycles. The van der Waals surface area contributed by atoms with Crippen LogP contribution in [0, 0.1) is 0 Å². The van der Waals surface area contributed by atoms with Gasteiger partial charge in [-0.1, -0.05) is 23.8 Å². The third-order valence-electron chi connectivity index (χ3n) is 2.54. The Morgan fingerprint density at radius 1 is 1.56 bits per heavy atom. The van der Waals surface area contributed by atoms with Gasteiger partial charge in [-0.05, 0) is 24.6 Å². The van der Waals surface area contributed by atoms with Crippen LogP contribution < -0.4 is 11.1 Å². The first-order chi connectivity index (χ1) is 7.66. The number of anilines is 1. The molecule has 1 unspecified atom stereocenters. The quantitative estimate of drug-likeness (QED) is 0.814. The Kier molecular flexibility index (Phi) is 3.63. The van der Waals surface area contributed by atoms with E-state index in [1.165, 1.54) is 0 Å². The number of benzene rings is 1. The van der Waals surface area contributed by atoms with Crippen molar-refractivity contribution >= 4 is 34.5 Å². The van der Waals surface area contributed by atoms with Gasteiger partial charge in [0.2, 0.25) is 0 Å². The van der Waals surface area contributed by atoms with Crippen LogP contribution in [0.15, 0.2) is 18.2 Å². The molecule has 3 nitrogen and oxygen atoms in total. The fraction of sp³-hybridized carbons (Fsp3) is 0.364. The Morgan fingerprint density at radius 2 is 2.38 bits per heavy atom. The highest BCUT2D eigenvalue weighted by molar-refractivity contribution is 7.80. The summed E-state index contributed by atoms with van der Waals surface area (Å²) in [6, 6.07) is 5.97. The molecule has 0 amide bonds. The molecule has 0 bridgehead atoms. The average Bonchev–Trinajstić information content (AvgIpc) is 2.70. The lowest BCUT2D eigenvalue weighted by Gasteiger charge is -2.13. The van der Waals surface area contributed by atoms with Crippen molar-refractivity contribution in [3.8, 4) is 0 Å². The zero-order valence-electron chi connectivity index (χ0n) is 8.70. The first-order valence-corrected chi connectivity index (χ1v) is 5.89.